The van der Waals surface area contributed by atoms with E-state index in [1.165, 1.54) is 11.1 Å². The number of carbonyl (C=O) groups is 1. The first-order valence-electron chi connectivity index (χ1n) is 9.50. The number of nitriles is 1. The van der Waals surface area contributed by atoms with Gasteiger partial charge >= 0.3 is 0 Å². The highest BCUT2D eigenvalue weighted by Crippen LogP contribution is 2.41. The fraction of sp³-hybridized carbons (Fsp3) is 0.292. The number of allylic oxidation sites excluding steroid dienone is 2. The van der Waals surface area contributed by atoms with E-state index in [1.54, 1.807) is 18.7 Å². The molecule has 4 heteroatoms. The number of hydrogen-bond acceptors (Lipinski definition) is 4. The van der Waals surface area contributed by atoms with E-state index in [-0.39, 0.29) is 11.7 Å². The van der Waals surface area contributed by atoms with Crippen molar-refractivity contribution in [2.24, 2.45) is 10.9 Å². The van der Waals surface area contributed by atoms with Gasteiger partial charge < -0.3 is 0 Å². The molecule has 0 saturated heterocycles. The minimum atomic E-state index is -0.455. The molecule has 0 fully saturated rings. The number of rotatable bonds is 5. The highest BCUT2D eigenvalue weighted by Gasteiger charge is 2.37. The molecule has 0 aromatic heterocycles. The SMILES string of the molecule is CCc1ccc([C@@H]2C(C(C)=O)=C(C)N=C(SCc3ccccc3)C2C#N)cc1. The van der Waals surface area contributed by atoms with E-state index in [2.05, 4.69) is 54.4 Å². The summed E-state index contributed by atoms with van der Waals surface area (Å²) < 4.78 is 0. The van der Waals surface area contributed by atoms with Gasteiger partial charge in [-0.25, -0.2) is 4.99 Å². The third-order valence-electron chi connectivity index (χ3n) is 5.07. The molecule has 2 aromatic carbocycles. The van der Waals surface area contributed by atoms with Crippen molar-refractivity contribution in [3.8, 4) is 6.07 Å². The molecule has 2 atom stereocenters. The third kappa shape index (κ3) is 4.26. The molecule has 0 aliphatic carbocycles. The van der Waals surface area contributed by atoms with Crippen molar-refractivity contribution in [1.29, 1.82) is 5.26 Å². The van der Waals surface area contributed by atoms with Crippen LogP contribution in [0.1, 0.15) is 43.4 Å². The van der Waals surface area contributed by atoms with E-state index in [1.807, 2.05) is 25.1 Å². The summed E-state index contributed by atoms with van der Waals surface area (Å²) in [5.41, 5.74) is 4.81. The maximum absolute atomic E-state index is 12.4. The van der Waals surface area contributed by atoms with Gasteiger partial charge in [0.15, 0.2) is 5.78 Å². The third-order valence-corrected chi connectivity index (χ3v) is 6.19. The smallest absolute Gasteiger partial charge is 0.158 e. The number of Topliss-reactive ketones (excluding diaryl/α,β-unsaturated/α-hetero) is 1. The number of hydrogen-bond donors (Lipinski definition) is 0. The largest absolute Gasteiger partial charge is 0.295 e. The molecule has 0 saturated carbocycles. The highest BCUT2D eigenvalue weighted by molar-refractivity contribution is 8.13. The van der Waals surface area contributed by atoms with Crippen molar-refractivity contribution in [2.45, 2.75) is 38.9 Å². The molecule has 1 unspecified atom stereocenters. The Morgan fingerprint density at radius 1 is 1.11 bits per heavy atom. The van der Waals surface area contributed by atoms with Gasteiger partial charge in [-0.05, 0) is 37.0 Å². The molecule has 142 valence electrons. The molecule has 0 N–H and O–H groups in total. The standard InChI is InChI=1S/C24H24N2OS/c1-4-18-10-12-20(13-11-18)23-21(14-25)24(26-16(2)22(23)17(3)27)28-15-19-8-6-5-7-9-19/h5-13,21,23H,4,15H2,1-3H3/t21?,23-/m0/s1. The average Bonchev–Trinajstić information content (AvgIpc) is 2.72. The number of carbonyl (C=O) groups excluding carboxylic acids is 1. The predicted molar refractivity (Wildman–Crippen MR) is 116 cm³/mol. The summed E-state index contributed by atoms with van der Waals surface area (Å²) in [6.45, 7) is 5.56. The molecule has 0 radical (unpaired) electrons. The first kappa shape index (κ1) is 20.1. The molecule has 3 nitrogen and oxygen atoms in total. The number of thioether (sulfide) groups is 1. The average molecular weight is 389 g/mol. The van der Waals surface area contributed by atoms with Gasteiger partial charge in [-0.2, -0.15) is 5.26 Å². The van der Waals surface area contributed by atoms with Crippen LogP contribution in [0.15, 0.2) is 70.9 Å². The van der Waals surface area contributed by atoms with Gasteiger partial charge in [0.05, 0.1) is 11.1 Å². The summed E-state index contributed by atoms with van der Waals surface area (Å²) in [6, 6.07) is 20.9. The molecule has 3 rings (SSSR count). The zero-order chi connectivity index (χ0) is 20.1. The van der Waals surface area contributed by atoms with Crippen LogP contribution in [0.5, 0.6) is 0 Å². The Labute approximate surface area is 171 Å². The van der Waals surface area contributed by atoms with Crippen molar-refractivity contribution < 1.29 is 4.79 Å². The lowest BCUT2D eigenvalue weighted by atomic mass is 9.77. The second-order valence-electron chi connectivity index (χ2n) is 6.96. The first-order chi connectivity index (χ1) is 13.5. The minimum Gasteiger partial charge on any atom is -0.295 e. The van der Waals surface area contributed by atoms with Crippen LogP contribution in [0.25, 0.3) is 0 Å². The predicted octanol–water partition coefficient (Wildman–Crippen LogP) is 5.68. The van der Waals surface area contributed by atoms with Crippen molar-refractivity contribution in [1.82, 2.24) is 0 Å². The Morgan fingerprint density at radius 2 is 1.79 bits per heavy atom. The van der Waals surface area contributed by atoms with Crippen molar-refractivity contribution in [3.05, 3.63) is 82.6 Å². The van der Waals surface area contributed by atoms with Crippen LogP contribution in [0.4, 0.5) is 0 Å². The molecular weight excluding hydrogens is 364 g/mol. The number of nitrogens with zero attached hydrogens (tertiary/aromatic N) is 2. The van der Waals surface area contributed by atoms with Gasteiger partial charge in [-0.1, -0.05) is 61.5 Å². The van der Waals surface area contributed by atoms with Gasteiger partial charge in [0, 0.05) is 22.9 Å². The quantitative estimate of drug-likeness (QED) is 0.662. The van der Waals surface area contributed by atoms with Crippen LogP contribution >= 0.6 is 11.8 Å². The van der Waals surface area contributed by atoms with E-state index in [9.17, 15) is 10.1 Å². The maximum atomic E-state index is 12.4. The molecule has 0 spiro atoms. The molecule has 28 heavy (non-hydrogen) atoms. The van der Waals surface area contributed by atoms with E-state index < -0.39 is 5.92 Å². The lowest BCUT2D eigenvalue weighted by molar-refractivity contribution is -0.114. The monoisotopic (exact) mass is 388 g/mol. The lowest BCUT2D eigenvalue weighted by Gasteiger charge is -2.30. The van der Waals surface area contributed by atoms with Crippen LogP contribution in [0.2, 0.25) is 0 Å². The van der Waals surface area contributed by atoms with Crippen LogP contribution in [-0.4, -0.2) is 10.8 Å². The summed E-state index contributed by atoms with van der Waals surface area (Å²) >= 11 is 1.59. The molecule has 1 heterocycles. The van der Waals surface area contributed by atoms with Crippen molar-refractivity contribution in [3.63, 3.8) is 0 Å². The second-order valence-corrected chi connectivity index (χ2v) is 7.95. The Bertz CT molecular complexity index is 952. The highest BCUT2D eigenvalue weighted by atomic mass is 32.2. The maximum Gasteiger partial charge on any atom is 0.158 e. The topological polar surface area (TPSA) is 53.2 Å². The summed E-state index contributed by atoms with van der Waals surface area (Å²) in [4.78, 5) is 17.1. The van der Waals surface area contributed by atoms with Gasteiger partial charge in [0.25, 0.3) is 0 Å². The minimum absolute atomic E-state index is 0.0156. The lowest BCUT2D eigenvalue weighted by Crippen LogP contribution is -2.28. The first-order valence-corrected chi connectivity index (χ1v) is 10.5. The zero-order valence-corrected chi connectivity index (χ0v) is 17.3. The Kier molecular flexibility index (Phi) is 6.49. The van der Waals surface area contributed by atoms with Gasteiger partial charge in [0.2, 0.25) is 0 Å². The molecule has 1 aliphatic rings. The summed E-state index contributed by atoms with van der Waals surface area (Å²) in [5.74, 6) is 0.00770. The number of aryl methyl sites for hydroxylation is 1. The Morgan fingerprint density at radius 3 is 2.36 bits per heavy atom. The summed E-state index contributed by atoms with van der Waals surface area (Å²) in [7, 11) is 0. The van der Waals surface area contributed by atoms with Crippen LogP contribution in [0.3, 0.4) is 0 Å². The Hall–Kier alpha value is -2.64. The molecule has 2 aromatic rings. The summed E-state index contributed by atoms with van der Waals surface area (Å²) in [6.07, 6.45) is 0.959. The van der Waals surface area contributed by atoms with E-state index in [4.69, 9.17) is 0 Å². The van der Waals surface area contributed by atoms with Crippen molar-refractivity contribution >= 4 is 22.6 Å². The number of benzene rings is 2. The van der Waals surface area contributed by atoms with E-state index in [0.29, 0.717) is 5.57 Å². The van der Waals surface area contributed by atoms with Crippen molar-refractivity contribution in [2.75, 3.05) is 0 Å². The summed E-state index contributed by atoms with van der Waals surface area (Å²) in [5, 5.41) is 10.8. The number of ketones is 1. The van der Waals surface area contributed by atoms with Gasteiger partial charge in [-0.3, -0.25) is 4.79 Å². The van der Waals surface area contributed by atoms with Gasteiger partial charge in [-0.15, -0.1) is 11.8 Å². The fourth-order valence-corrected chi connectivity index (χ4v) is 4.68. The zero-order valence-electron chi connectivity index (χ0n) is 16.5. The molecule has 0 bridgehead atoms. The molecule has 1 aliphatic heterocycles. The second kappa shape index (κ2) is 9.03. The fourth-order valence-electron chi connectivity index (χ4n) is 3.61. The van der Waals surface area contributed by atoms with Gasteiger partial charge in [0.1, 0.15) is 5.92 Å². The van der Waals surface area contributed by atoms with Crippen LogP contribution < -0.4 is 0 Å². The van der Waals surface area contributed by atoms with Crippen LogP contribution in [0, 0.1) is 17.2 Å². The normalized spacial score (nSPS) is 19.1. The van der Waals surface area contributed by atoms with E-state index in [0.717, 1.165) is 28.5 Å². The number of aliphatic imine (C=N–C) groups is 1. The molecule has 0 amide bonds. The molecular formula is C24H24N2OS. The van der Waals surface area contributed by atoms with Crippen LogP contribution in [-0.2, 0) is 17.0 Å². The van der Waals surface area contributed by atoms with E-state index >= 15 is 0 Å². The Balaban J connectivity index is 1.98.